The van der Waals surface area contributed by atoms with Crippen LogP contribution in [0.2, 0.25) is 0 Å². The number of phenols is 2. The van der Waals surface area contributed by atoms with Crippen molar-refractivity contribution in [2.24, 2.45) is 0 Å². The van der Waals surface area contributed by atoms with Crippen molar-refractivity contribution in [1.82, 2.24) is 0 Å². The number of ether oxygens (including phenoxy) is 1. The minimum Gasteiger partial charge on any atom is -0.504 e. The maximum Gasteiger partial charge on any atom is 0.394 e. The quantitative estimate of drug-likeness (QED) is 0.454. The van der Waals surface area contributed by atoms with Gasteiger partial charge in [-0.2, -0.15) is 8.42 Å². The largest absolute Gasteiger partial charge is 0.504 e. The number of benzene rings is 1. The molecule has 0 spiro atoms. The predicted molar refractivity (Wildman–Crippen MR) is 55.1 cm³/mol. The molecule has 0 fully saturated rings. The molecule has 1 aromatic carbocycles. The summed E-state index contributed by atoms with van der Waals surface area (Å²) < 4.78 is 36.6. The van der Waals surface area contributed by atoms with E-state index in [9.17, 15) is 0 Å². The van der Waals surface area contributed by atoms with E-state index in [-0.39, 0.29) is 11.5 Å². The molecule has 0 saturated carbocycles. The van der Waals surface area contributed by atoms with Crippen LogP contribution in [0, 0.1) is 0 Å². The normalized spacial score (nSPS) is 10.2. The second kappa shape index (κ2) is 6.16. The second-order valence-corrected chi connectivity index (χ2v) is 3.40. The molecule has 1 rings (SSSR count). The van der Waals surface area contributed by atoms with E-state index in [4.69, 9.17) is 32.5 Å². The molecular weight excluding hydrogens is 240 g/mol. The Morgan fingerprint density at radius 1 is 1.25 bits per heavy atom. The van der Waals surface area contributed by atoms with Crippen molar-refractivity contribution in [3.8, 4) is 17.2 Å². The van der Waals surface area contributed by atoms with Gasteiger partial charge in [-0.25, -0.2) is 0 Å². The molecular formula is C8H12O7S. The standard InChI is InChI=1S/C8H10O3.H2O4S/c1-2-11-7-5-3-4-6(9)8(7)10;1-5(2,3)4/h3-5,9-10H,2H2,1H3;(H2,1,2,3,4). The van der Waals surface area contributed by atoms with Gasteiger partial charge >= 0.3 is 10.4 Å². The van der Waals surface area contributed by atoms with Gasteiger partial charge in [0.15, 0.2) is 11.5 Å². The van der Waals surface area contributed by atoms with Crippen LogP contribution in [0.1, 0.15) is 6.92 Å². The Labute approximate surface area is 92.5 Å². The molecule has 0 unspecified atom stereocenters. The fourth-order valence-corrected chi connectivity index (χ4v) is 0.783. The molecule has 0 bridgehead atoms. The van der Waals surface area contributed by atoms with Gasteiger partial charge in [-0.1, -0.05) is 6.07 Å². The number of phenolic OH excluding ortho intramolecular Hbond substituents is 2. The van der Waals surface area contributed by atoms with E-state index < -0.39 is 10.4 Å². The molecule has 0 saturated heterocycles. The van der Waals surface area contributed by atoms with E-state index in [1.807, 2.05) is 6.92 Å². The Morgan fingerprint density at radius 3 is 2.19 bits per heavy atom. The first-order valence-corrected chi connectivity index (χ1v) is 5.49. The summed E-state index contributed by atoms with van der Waals surface area (Å²) in [5.74, 6) is -0.0437. The van der Waals surface area contributed by atoms with E-state index in [1.165, 1.54) is 6.07 Å². The topological polar surface area (TPSA) is 124 Å². The van der Waals surface area contributed by atoms with Crippen LogP contribution in [0.4, 0.5) is 0 Å². The molecule has 4 N–H and O–H groups in total. The van der Waals surface area contributed by atoms with Crippen LogP contribution in [0.5, 0.6) is 17.2 Å². The minimum absolute atomic E-state index is 0.157. The average molecular weight is 252 g/mol. The molecule has 0 heterocycles. The fraction of sp³-hybridized carbons (Fsp3) is 0.250. The maximum atomic E-state index is 9.15. The first kappa shape index (κ1) is 14.5. The third-order valence-electron chi connectivity index (χ3n) is 1.28. The average Bonchev–Trinajstić information content (AvgIpc) is 2.10. The van der Waals surface area contributed by atoms with Gasteiger partial charge in [0.2, 0.25) is 5.75 Å². The Kier molecular flexibility index (Phi) is 5.57. The highest BCUT2D eigenvalue weighted by molar-refractivity contribution is 7.79. The van der Waals surface area contributed by atoms with Crippen molar-refractivity contribution in [1.29, 1.82) is 0 Å². The fourth-order valence-electron chi connectivity index (χ4n) is 0.783. The van der Waals surface area contributed by atoms with E-state index >= 15 is 0 Å². The lowest BCUT2D eigenvalue weighted by molar-refractivity contribution is 0.309. The highest BCUT2D eigenvalue weighted by atomic mass is 32.3. The van der Waals surface area contributed by atoms with Crippen molar-refractivity contribution in [2.45, 2.75) is 6.92 Å². The van der Waals surface area contributed by atoms with Crippen LogP contribution < -0.4 is 4.74 Å². The first-order valence-electron chi connectivity index (χ1n) is 4.09. The summed E-state index contributed by atoms with van der Waals surface area (Å²) in [6.07, 6.45) is 0. The molecule has 0 aliphatic heterocycles. The number of hydrogen-bond donors (Lipinski definition) is 4. The molecule has 0 aliphatic rings. The van der Waals surface area contributed by atoms with Gasteiger partial charge in [-0.05, 0) is 19.1 Å². The van der Waals surface area contributed by atoms with Gasteiger partial charge < -0.3 is 14.9 Å². The second-order valence-electron chi connectivity index (χ2n) is 2.50. The maximum absolute atomic E-state index is 9.15. The summed E-state index contributed by atoms with van der Waals surface area (Å²) in [7, 11) is -4.67. The van der Waals surface area contributed by atoms with Gasteiger partial charge in [0.05, 0.1) is 6.61 Å². The van der Waals surface area contributed by atoms with Gasteiger partial charge in [-0.3, -0.25) is 9.11 Å². The van der Waals surface area contributed by atoms with Crippen LogP contribution in [-0.4, -0.2) is 34.3 Å². The van der Waals surface area contributed by atoms with Crippen LogP contribution in [-0.2, 0) is 10.4 Å². The summed E-state index contributed by atoms with van der Waals surface area (Å²) in [5.41, 5.74) is 0. The van der Waals surface area contributed by atoms with Crippen molar-refractivity contribution < 1.29 is 32.5 Å². The Bertz CT molecular complexity index is 418. The molecule has 0 aliphatic carbocycles. The third kappa shape index (κ3) is 6.87. The SMILES string of the molecule is CCOc1cccc(O)c1O.O=S(=O)(O)O. The number of para-hydroxylation sites is 1. The monoisotopic (exact) mass is 252 g/mol. The van der Waals surface area contributed by atoms with E-state index in [0.717, 1.165) is 0 Å². The Balaban J connectivity index is 0.000000385. The first-order chi connectivity index (χ1) is 7.25. The number of rotatable bonds is 2. The molecule has 92 valence electrons. The van der Waals surface area contributed by atoms with Crippen molar-refractivity contribution >= 4 is 10.4 Å². The van der Waals surface area contributed by atoms with Crippen LogP contribution in [0.25, 0.3) is 0 Å². The predicted octanol–water partition coefficient (Wildman–Crippen LogP) is 0.844. The van der Waals surface area contributed by atoms with Crippen LogP contribution >= 0.6 is 0 Å². The molecule has 0 radical (unpaired) electrons. The third-order valence-corrected chi connectivity index (χ3v) is 1.28. The lowest BCUT2D eigenvalue weighted by Gasteiger charge is -2.05. The van der Waals surface area contributed by atoms with Crippen LogP contribution in [0.15, 0.2) is 18.2 Å². The smallest absolute Gasteiger partial charge is 0.394 e. The molecule has 0 aromatic heterocycles. The van der Waals surface area contributed by atoms with Gasteiger partial charge in [0.1, 0.15) is 0 Å². The van der Waals surface area contributed by atoms with Crippen LogP contribution in [0.3, 0.4) is 0 Å². The summed E-state index contributed by atoms with van der Waals surface area (Å²) in [5, 5.41) is 18.2. The summed E-state index contributed by atoms with van der Waals surface area (Å²) in [6.45, 7) is 2.28. The molecule has 8 heteroatoms. The molecule has 0 amide bonds. The lowest BCUT2D eigenvalue weighted by Crippen LogP contribution is -1.90. The summed E-state index contributed by atoms with van der Waals surface area (Å²) >= 11 is 0. The highest BCUT2D eigenvalue weighted by Gasteiger charge is 2.04. The van der Waals surface area contributed by atoms with E-state index in [2.05, 4.69) is 0 Å². The van der Waals surface area contributed by atoms with Gasteiger partial charge in [0.25, 0.3) is 0 Å². The lowest BCUT2D eigenvalue weighted by atomic mass is 10.3. The summed E-state index contributed by atoms with van der Waals surface area (Å²) in [4.78, 5) is 0. The summed E-state index contributed by atoms with van der Waals surface area (Å²) in [6, 6.07) is 4.61. The van der Waals surface area contributed by atoms with Gasteiger partial charge in [0, 0.05) is 0 Å². The van der Waals surface area contributed by atoms with E-state index in [0.29, 0.717) is 12.4 Å². The van der Waals surface area contributed by atoms with Crippen molar-refractivity contribution in [3.05, 3.63) is 18.2 Å². The Morgan fingerprint density at radius 2 is 1.75 bits per heavy atom. The van der Waals surface area contributed by atoms with Gasteiger partial charge in [-0.15, -0.1) is 0 Å². The molecule has 7 nitrogen and oxygen atoms in total. The Hall–Kier alpha value is -1.51. The molecule has 1 aromatic rings. The number of hydrogen-bond acceptors (Lipinski definition) is 5. The van der Waals surface area contributed by atoms with Crippen molar-refractivity contribution in [2.75, 3.05) is 6.61 Å². The molecule has 16 heavy (non-hydrogen) atoms. The van der Waals surface area contributed by atoms with E-state index in [1.54, 1.807) is 12.1 Å². The number of aromatic hydroxyl groups is 2. The zero-order chi connectivity index (χ0) is 12.8. The molecule has 0 atom stereocenters. The highest BCUT2D eigenvalue weighted by Crippen LogP contribution is 2.34. The van der Waals surface area contributed by atoms with Crippen molar-refractivity contribution in [3.63, 3.8) is 0 Å². The zero-order valence-electron chi connectivity index (χ0n) is 8.36. The minimum atomic E-state index is -4.67. The zero-order valence-corrected chi connectivity index (χ0v) is 9.18.